The van der Waals surface area contributed by atoms with Crippen LogP contribution in [0.3, 0.4) is 0 Å². The van der Waals surface area contributed by atoms with E-state index >= 15 is 0 Å². The number of rotatable bonds is 5. The van der Waals surface area contributed by atoms with Crippen molar-refractivity contribution in [3.8, 4) is 11.4 Å². The van der Waals surface area contributed by atoms with Gasteiger partial charge < -0.3 is 4.74 Å². The van der Waals surface area contributed by atoms with Crippen LogP contribution in [0.15, 0.2) is 59.8 Å². The first-order valence-corrected chi connectivity index (χ1v) is 8.30. The van der Waals surface area contributed by atoms with Crippen molar-refractivity contribution in [1.29, 1.82) is 0 Å². The number of thioether (sulfide) groups is 1. The highest BCUT2D eigenvalue weighted by atomic mass is 35.5. The molecule has 0 atom stereocenters. The second-order valence-corrected chi connectivity index (χ2v) is 5.73. The summed E-state index contributed by atoms with van der Waals surface area (Å²) in [5, 5.41) is 9.97. The lowest BCUT2D eigenvalue weighted by Crippen LogP contribution is -2.06. The Morgan fingerprint density at radius 1 is 1.05 bits per heavy atom. The van der Waals surface area contributed by atoms with Gasteiger partial charge in [0.05, 0.1) is 0 Å². The van der Waals surface area contributed by atoms with Crippen LogP contribution in [-0.4, -0.2) is 21.0 Å². The van der Waals surface area contributed by atoms with E-state index in [2.05, 4.69) is 10.2 Å². The number of halogens is 1. The van der Waals surface area contributed by atoms with Crippen LogP contribution in [0, 0.1) is 0 Å². The molecule has 0 aliphatic heterocycles. The summed E-state index contributed by atoms with van der Waals surface area (Å²) in [4.78, 5) is 0. The standard InChI is InChI=1S/C16H14ClN3OS/c1-22-16-19-18-15(20(16)13-5-3-2-4-6-13)11-21-14-9-7-12(17)8-10-14/h2-10H,11H2,1H3. The Bertz CT molecular complexity index is 744. The summed E-state index contributed by atoms with van der Waals surface area (Å²) < 4.78 is 7.78. The zero-order valence-corrected chi connectivity index (χ0v) is 13.5. The maximum absolute atomic E-state index is 5.87. The molecule has 0 saturated carbocycles. The van der Waals surface area contributed by atoms with Crippen molar-refractivity contribution in [2.75, 3.05) is 6.26 Å². The lowest BCUT2D eigenvalue weighted by atomic mass is 10.3. The van der Waals surface area contributed by atoms with Gasteiger partial charge in [-0.1, -0.05) is 41.6 Å². The molecule has 6 heteroatoms. The summed E-state index contributed by atoms with van der Waals surface area (Å²) in [6.45, 7) is 0.337. The zero-order valence-electron chi connectivity index (χ0n) is 11.9. The average molecular weight is 332 g/mol. The molecule has 1 heterocycles. The Kier molecular flexibility index (Phi) is 4.65. The Morgan fingerprint density at radius 2 is 1.77 bits per heavy atom. The highest BCUT2D eigenvalue weighted by molar-refractivity contribution is 7.98. The summed E-state index contributed by atoms with van der Waals surface area (Å²) in [5.74, 6) is 1.50. The maximum Gasteiger partial charge on any atom is 0.195 e. The number of para-hydroxylation sites is 1. The first-order valence-electron chi connectivity index (χ1n) is 6.70. The molecule has 0 radical (unpaired) electrons. The number of hydrogen-bond acceptors (Lipinski definition) is 4. The molecule has 3 rings (SSSR count). The normalized spacial score (nSPS) is 10.6. The van der Waals surface area contributed by atoms with E-state index in [1.807, 2.05) is 53.3 Å². The predicted octanol–water partition coefficient (Wildman–Crippen LogP) is 4.22. The predicted molar refractivity (Wildman–Crippen MR) is 88.9 cm³/mol. The van der Waals surface area contributed by atoms with Crippen LogP contribution < -0.4 is 4.74 Å². The van der Waals surface area contributed by atoms with Gasteiger partial charge in [0, 0.05) is 10.7 Å². The molecule has 0 fully saturated rings. The van der Waals surface area contributed by atoms with Crippen LogP contribution in [0.2, 0.25) is 5.02 Å². The minimum absolute atomic E-state index is 0.337. The second-order valence-electron chi connectivity index (χ2n) is 4.52. The lowest BCUT2D eigenvalue weighted by Gasteiger charge is -2.10. The van der Waals surface area contributed by atoms with Crippen molar-refractivity contribution < 1.29 is 4.74 Å². The van der Waals surface area contributed by atoms with Crippen LogP contribution in [0.25, 0.3) is 5.69 Å². The third-order valence-electron chi connectivity index (χ3n) is 3.08. The van der Waals surface area contributed by atoms with Gasteiger partial charge in [-0.25, -0.2) is 0 Å². The highest BCUT2D eigenvalue weighted by Crippen LogP contribution is 2.21. The third kappa shape index (κ3) is 3.26. The van der Waals surface area contributed by atoms with Gasteiger partial charge in [0.1, 0.15) is 12.4 Å². The Labute approximate surface area is 138 Å². The molecular formula is C16H14ClN3OS. The van der Waals surface area contributed by atoms with Crippen LogP contribution in [0.5, 0.6) is 5.75 Å². The van der Waals surface area contributed by atoms with Crippen LogP contribution in [-0.2, 0) is 6.61 Å². The monoisotopic (exact) mass is 331 g/mol. The van der Waals surface area contributed by atoms with Gasteiger partial charge >= 0.3 is 0 Å². The SMILES string of the molecule is CSc1nnc(COc2ccc(Cl)cc2)n1-c1ccccc1. The van der Waals surface area contributed by atoms with Crippen molar-refractivity contribution in [1.82, 2.24) is 14.8 Å². The van der Waals surface area contributed by atoms with Gasteiger partial charge in [0.2, 0.25) is 0 Å². The molecule has 3 aromatic rings. The molecule has 0 bridgehead atoms. The Balaban J connectivity index is 1.85. The van der Waals surface area contributed by atoms with Gasteiger partial charge in [-0.3, -0.25) is 4.57 Å². The average Bonchev–Trinajstić information content (AvgIpc) is 2.98. The van der Waals surface area contributed by atoms with E-state index in [0.29, 0.717) is 11.6 Å². The molecule has 0 N–H and O–H groups in total. The van der Waals surface area contributed by atoms with Gasteiger partial charge in [0.15, 0.2) is 11.0 Å². The van der Waals surface area contributed by atoms with Gasteiger partial charge in [0.25, 0.3) is 0 Å². The fraction of sp³-hybridized carbons (Fsp3) is 0.125. The molecule has 1 aromatic heterocycles. The molecule has 112 valence electrons. The van der Waals surface area contributed by atoms with E-state index in [0.717, 1.165) is 22.4 Å². The van der Waals surface area contributed by atoms with Crippen LogP contribution in [0.4, 0.5) is 0 Å². The van der Waals surface area contributed by atoms with Gasteiger partial charge in [-0.2, -0.15) is 0 Å². The summed E-state index contributed by atoms with van der Waals surface area (Å²) >= 11 is 7.42. The topological polar surface area (TPSA) is 39.9 Å². The second kappa shape index (κ2) is 6.85. The summed E-state index contributed by atoms with van der Waals surface area (Å²) in [7, 11) is 0. The van der Waals surface area contributed by atoms with Gasteiger partial charge in [-0.15, -0.1) is 10.2 Å². The third-order valence-corrected chi connectivity index (χ3v) is 3.96. The summed E-state index contributed by atoms with van der Waals surface area (Å²) in [5.41, 5.74) is 1.02. The number of ether oxygens (including phenoxy) is 1. The van der Waals surface area contributed by atoms with E-state index < -0.39 is 0 Å². The van der Waals surface area contributed by atoms with Crippen molar-refractivity contribution in [2.24, 2.45) is 0 Å². The van der Waals surface area contributed by atoms with Crippen LogP contribution >= 0.6 is 23.4 Å². The fourth-order valence-electron chi connectivity index (χ4n) is 2.04. The maximum atomic E-state index is 5.87. The molecule has 2 aromatic carbocycles. The van der Waals surface area contributed by atoms with Gasteiger partial charge in [-0.05, 0) is 42.7 Å². The van der Waals surface area contributed by atoms with Crippen LogP contribution in [0.1, 0.15) is 5.82 Å². The van der Waals surface area contributed by atoms with E-state index in [1.54, 1.807) is 23.9 Å². The smallest absolute Gasteiger partial charge is 0.195 e. The van der Waals surface area contributed by atoms with Crippen molar-refractivity contribution >= 4 is 23.4 Å². The number of benzene rings is 2. The van der Waals surface area contributed by atoms with E-state index in [9.17, 15) is 0 Å². The minimum Gasteiger partial charge on any atom is -0.486 e. The fourth-order valence-corrected chi connectivity index (χ4v) is 2.68. The molecule has 0 aliphatic rings. The van der Waals surface area contributed by atoms with Crippen molar-refractivity contribution in [3.05, 3.63) is 65.4 Å². The van der Waals surface area contributed by atoms with Crippen molar-refractivity contribution in [2.45, 2.75) is 11.8 Å². The summed E-state index contributed by atoms with van der Waals surface area (Å²) in [6.07, 6.45) is 1.98. The molecule has 0 unspecified atom stereocenters. The summed E-state index contributed by atoms with van der Waals surface area (Å²) in [6, 6.07) is 17.3. The highest BCUT2D eigenvalue weighted by Gasteiger charge is 2.13. The molecule has 0 amide bonds. The molecular weight excluding hydrogens is 318 g/mol. The minimum atomic E-state index is 0.337. The van der Waals surface area contributed by atoms with E-state index in [4.69, 9.17) is 16.3 Å². The first-order chi connectivity index (χ1) is 10.8. The zero-order chi connectivity index (χ0) is 15.4. The first kappa shape index (κ1) is 14.9. The number of hydrogen-bond donors (Lipinski definition) is 0. The number of nitrogens with zero attached hydrogens (tertiary/aromatic N) is 3. The molecule has 0 spiro atoms. The Morgan fingerprint density at radius 3 is 2.45 bits per heavy atom. The van der Waals surface area contributed by atoms with Crippen molar-refractivity contribution in [3.63, 3.8) is 0 Å². The quantitative estimate of drug-likeness (QED) is 0.656. The van der Waals surface area contributed by atoms with E-state index in [1.165, 1.54) is 0 Å². The number of aromatic nitrogens is 3. The largest absolute Gasteiger partial charge is 0.486 e. The molecule has 0 saturated heterocycles. The lowest BCUT2D eigenvalue weighted by molar-refractivity contribution is 0.293. The Hall–Kier alpha value is -1.98. The molecule has 4 nitrogen and oxygen atoms in total. The molecule has 22 heavy (non-hydrogen) atoms. The van der Waals surface area contributed by atoms with E-state index in [-0.39, 0.29) is 0 Å². The molecule has 0 aliphatic carbocycles.